The van der Waals surface area contributed by atoms with Gasteiger partial charge in [-0.2, -0.15) is 0 Å². The Morgan fingerprint density at radius 3 is 2.83 bits per heavy atom. The number of para-hydroxylation sites is 1. The SMILES string of the molecule is COc1ccccc1C#CCNC(=O)CCn1ccc(=O)[nH]c1=O. The highest BCUT2D eigenvalue weighted by atomic mass is 16.5. The average Bonchev–Trinajstić information content (AvgIpc) is 2.58. The summed E-state index contributed by atoms with van der Waals surface area (Å²) in [5, 5.41) is 2.65. The zero-order chi connectivity index (χ0) is 17.4. The minimum absolute atomic E-state index is 0.113. The van der Waals surface area contributed by atoms with Crippen molar-refractivity contribution in [3.8, 4) is 17.6 Å². The third-order valence-corrected chi connectivity index (χ3v) is 3.18. The first-order chi connectivity index (χ1) is 11.6. The fourth-order valence-electron chi connectivity index (χ4n) is 1.96. The van der Waals surface area contributed by atoms with E-state index in [0.717, 1.165) is 5.56 Å². The number of nitrogens with zero attached hydrogens (tertiary/aromatic N) is 1. The summed E-state index contributed by atoms with van der Waals surface area (Å²) in [6.45, 7) is 0.374. The number of aryl methyl sites for hydroxylation is 1. The first-order valence-corrected chi connectivity index (χ1v) is 7.28. The summed E-state index contributed by atoms with van der Waals surface area (Å²) in [4.78, 5) is 36.3. The van der Waals surface area contributed by atoms with Gasteiger partial charge in [-0.3, -0.25) is 14.6 Å². The number of methoxy groups -OCH3 is 1. The standard InChI is InChI=1S/C17H17N3O4/c1-24-14-7-3-2-5-13(14)6-4-10-18-15(21)8-11-20-12-9-16(22)19-17(20)23/h2-3,5,7,9,12H,8,10-11H2,1H3,(H,18,21)(H,19,22,23). The number of aromatic amines is 1. The van der Waals surface area contributed by atoms with Crippen molar-refractivity contribution in [3.63, 3.8) is 0 Å². The van der Waals surface area contributed by atoms with Crippen LogP contribution in [-0.4, -0.2) is 29.1 Å². The molecule has 0 fully saturated rings. The maximum Gasteiger partial charge on any atom is 0.328 e. The summed E-state index contributed by atoms with van der Waals surface area (Å²) in [6.07, 6.45) is 1.47. The van der Waals surface area contributed by atoms with Gasteiger partial charge in [0.1, 0.15) is 5.75 Å². The fourth-order valence-corrected chi connectivity index (χ4v) is 1.96. The van der Waals surface area contributed by atoms with Crippen molar-refractivity contribution >= 4 is 5.91 Å². The lowest BCUT2D eigenvalue weighted by molar-refractivity contribution is -0.121. The van der Waals surface area contributed by atoms with Crippen LogP contribution in [0.5, 0.6) is 5.75 Å². The first-order valence-electron chi connectivity index (χ1n) is 7.28. The number of carbonyl (C=O) groups is 1. The highest BCUT2D eigenvalue weighted by molar-refractivity contribution is 5.76. The van der Waals surface area contributed by atoms with E-state index >= 15 is 0 Å². The second-order valence-electron chi connectivity index (χ2n) is 4.83. The van der Waals surface area contributed by atoms with Crippen LogP contribution >= 0.6 is 0 Å². The van der Waals surface area contributed by atoms with Crippen LogP contribution < -0.4 is 21.3 Å². The molecule has 24 heavy (non-hydrogen) atoms. The molecule has 1 aromatic carbocycles. The van der Waals surface area contributed by atoms with E-state index in [1.165, 1.54) is 16.8 Å². The van der Waals surface area contributed by atoms with Crippen molar-refractivity contribution in [2.45, 2.75) is 13.0 Å². The van der Waals surface area contributed by atoms with E-state index in [0.29, 0.717) is 5.75 Å². The van der Waals surface area contributed by atoms with Gasteiger partial charge in [0.05, 0.1) is 19.2 Å². The van der Waals surface area contributed by atoms with Gasteiger partial charge >= 0.3 is 5.69 Å². The molecule has 2 N–H and O–H groups in total. The molecule has 0 saturated heterocycles. The van der Waals surface area contributed by atoms with Crippen LogP contribution in [0.25, 0.3) is 0 Å². The maximum atomic E-state index is 11.7. The number of aromatic nitrogens is 2. The molecule has 0 atom stereocenters. The Hall–Kier alpha value is -3.27. The quantitative estimate of drug-likeness (QED) is 0.762. The van der Waals surface area contributed by atoms with Crippen molar-refractivity contribution in [1.82, 2.24) is 14.9 Å². The molecule has 0 unspecified atom stereocenters. The van der Waals surface area contributed by atoms with Crippen molar-refractivity contribution in [1.29, 1.82) is 0 Å². The summed E-state index contributed by atoms with van der Waals surface area (Å²) < 4.78 is 6.45. The molecule has 7 nitrogen and oxygen atoms in total. The fraction of sp³-hybridized carbons (Fsp3) is 0.235. The lowest BCUT2D eigenvalue weighted by Gasteiger charge is -2.04. The molecular formula is C17H17N3O4. The number of ether oxygens (including phenoxy) is 1. The van der Waals surface area contributed by atoms with Gasteiger partial charge in [0.2, 0.25) is 5.91 Å². The second-order valence-corrected chi connectivity index (χ2v) is 4.83. The minimum atomic E-state index is -0.536. The smallest absolute Gasteiger partial charge is 0.328 e. The number of nitrogens with one attached hydrogen (secondary N) is 2. The highest BCUT2D eigenvalue weighted by Gasteiger charge is 2.02. The molecule has 124 valence electrons. The molecule has 0 aliphatic carbocycles. The molecule has 0 aliphatic rings. The third-order valence-electron chi connectivity index (χ3n) is 3.18. The van der Waals surface area contributed by atoms with Crippen LogP contribution in [0.2, 0.25) is 0 Å². The Labute approximate surface area is 138 Å². The molecule has 0 radical (unpaired) electrons. The zero-order valence-electron chi connectivity index (χ0n) is 13.2. The summed E-state index contributed by atoms with van der Waals surface area (Å²) >= 11 is 0. The van der Waals surface area contributed by atoms with Crippen LogP contribution in [0.4, 0.5) is 0 Å². The van der Waals surface area contributed by atoms with Crippen LogP contribution in [0.3, 0.4) is 0 Å². The maximum absolute atomic E-state index is 11.7. The molecule has 1 heterocycles. The molecule has 7 heteroatoms. The molecule has 2 aromatic rings. The normalized spacial score (nSPS) is 9.71. The minimum Gasteiger partial charge on any atom is -0.495 e. The van der Waals surface area contributed by atoms with E-state index in [4.69, 9.17) is 4.74 Å². The topological polar surface area (TPSA) is 93.2 Å². The van der Waals surface area contributed by atoms with Gasteiger partial charge in [-0.25, -0.2) is 4.79 Å². The zero-order valence-corrected chi connectivity index (χ0v) is 13.2. The van der Waals surface area contributed by atoms with Crippen molar-refractivity contribution in [2.75, 3.05) is 13.7 Å². The van der Waals surface area contributed by atoms with Gasteiger partial charge < -0.3 is 14.6 Å². The largest absolute Gasteiger partial charge is 0.495 e. The number of rotatable bonds is 5. The lowest BCUT2D eigenvalue weighted by Crippen LogP contribution is -2.31. The molecule has 1 amide bonds. The Morgan fingerprint density at radius 2 is 2.08 bits per heavy atom. The molecule has 0 spiro atoms. The number of hydrogen-bond donors (Lipinski definition) is 2. The first kappa shape index (κ1) is 17.1. The van der Waals surface area contributed by atoms with Gasteiger partial charge in [-0.15, -0.1) is 0 Å². The Balaban J connectivity index is 1.83. The van der Waals surface area contributed by atoms with Crippen molar-refractivity contribution < 1.29 is 9.53 Å². The molecule has 1 aromatic heterocycles. The summed E-state index contributed by atoms with van der Waals surface area (Å²) in [6, 6.07) is 8.58. The van der Waals surface area contributed by atoms with Crippen LogP contribution in [-0.2, 0) is 11.3 Å². The molecule has 0 saturated carbocycles. The lowest BCUT2D eigenvalue weighted by atomic mass is 10.2. The molecule has 2 rings (SSSR count). The van der Waals surface area contributed by atoms with Crippen LogP contribution in [0, 0.1) is 11.8 Å². The van der Waals surface area contributed by atoms with Gasteiger partial charge in [0.25, 0.3) is 5.56 Å². The Bertz CT molecular complexity index is 887. The number of benzene rings is 1. The molecule has 0 aliphatic heterocycles. The molecule has 0 bridgehead atoms. The van der Waals surface area contributed by atoms with E-state index in [2.05, 4.69) is 22.1 Å². The van der Waals surface area contributed by atoms with Crippen LogP contribution in [0.15, 0.2) is 46.1 Å². The summed E-state index contributed by atoms with van der Waals surface area (Å²) in [5.74, 6) is 6.21. The summed E-state index contributed by atoms with van der Waals surface area (Å²) in [7, 11) is 1.57. The van der Waals surface area contributed by atoms with Gasteiger partial charge in [-0.05, 0) is 12.1 Å². The van der Waals surface area contributed by atoms with E-state index in [-0.39, 0.29) is 25.4 Å². The van der Waals surface area contributed by atoms with Gasteiger partial charge in [0.15, 0.2) is 0 Å². The van der Waals surface area contributed by atoms with E-state index in [1.54, 1.807) is 7.11 Å². The monoisotopic (exact) mass is 327 g/mol. The van der Waals surface area contributed by atoms with Crippen LogP contribution in [0.1, 0.15) is 12.0 Å². The van der Waals surface area contributed by atoms with Gasteiger partial charge in [-0.1, -0.05) is 24.0 Å². The number of carbonyl (C=O) groups excluding carboxylic acids is 1. The summed E-state index contributed by atoms with van der Waals surface area (Å²) in [5.41, 5.74) is -0.257. The Morgan fingerprint density at radius 1 is 1.29 bits per heavy atom. The average molecular weight is 327 g/mol. The number of amides is 1. The second kappa shape index (κ2) is 8.39. The van der Waals surface area contributed by atoms with E-state index in [1.807, 2.05) is 24.3 Å². The third kappa shape index (κ3) is 4.88. The van der Waals surface area contributed by atoms with Gasteiger partial charge in [0, 0.05) is 25.2 Å². The molecular weight excluding hydrogens is 310 g/mol. The predicted octanol–water partition coefficient (Wildman–Crippen LogP) is 0.103. The highest BCUT2D eigenvalue weighted by Crippen LogP contribution is 2.15. The number of H-pyrrole nitrogens is 1. The predicted molar refractivity (Wildman–Crippen MR) is 88.8 cm³/mol. The van der Waals surface area contributed by atoms with Crippen molar-refractivity contribution in [3.05, 3.63) is 62.9 Å². The van der Waals surface area contributed by atoms with E-state index < -0.39 is 11.2 Å². The Kier molecular flexibility index (Phi) is 5.97. The van der Waals surface area contributed by atoms with E-state index in [9.17, 15) is 14.4 Å². The van der Waals surface area contributed by atoms with Crippen molar-refractivity contribution in [2.24, 2.45) is 0 Å². The number of hydrogen-bond acceptors (Lipinski definition) is 4.